The van der Waals surface area contributed by atoms with E-state index in [1.54, 1.807) is 12.5 Å². The molecule has 104 valence electrons. The number of nitrogens with two attached hydrogens (primary N) is 1. The lowest BCUT2D eigenvalue weighted by Crippen LogP contribution is -1.99. The Bertz CT molecular complexity index is 824. The lowest BCUT2D eigenvalue weighted by atomic mass is 10.2. The van der Waals surface area contributed by atoms with Crippen LogP contribution in [0.1, 0.15) is 11.4 Å². The normalized spacial score (nSPS) is 10.6. The van der Waals surface area contributed by atoms with Gasteiger partial charge in [0, 0.05) is 22.9 Å². The van der Waals surface area contributed by atoms with Gasteiger partial charge in [0.2, 0.25) is 0 Å². The standard InChI is InChI=1S/C14H11N5OS/c15-7-11-6-13(16)19-14(18-11)21-4-2-10-5-9-1-3-20-12(9)8-17-10/h1,3,5-6,8H,2,4H2,(H2,16,18,19). The molecule has 0 spiro atoms. The molecule has 0 fully saturated rings. The quantitative estimate of drug-likeness (QED) is 0.582. The van der Waals surface area contributed by atoms with Crippen LogP contribution in [0.25, 0.3) is 11.0 Å². The van der Waals surface area contributed by atoms with Crippen LogP contribution in [0, 0.1) is 11.3 Å². The van der Waals surface area contributed by atoms with Gasteiger partial charge in [0.15, 0.2) is 10.7 Å². The fraction of sp³-hybridized carbons (Fsp3) is 0.143. The summed E-state index contributed by atoms with van der Waals surface area (Å²) in [6, 6.07) is 7.33. The SMILES string of the molecule is N#Cc1cc(N)nc(SCCc2cc3ccoc3cn2)n1. The second kappa shape index (κ2) is 5.81. The Morgan fingerprint density at radius 3 is 3.10 bits per heavy atom. The number of anilines is 1. The molecule has 7 heteroatoms. The molecule has 0 unspecified atom stereocenters. The Labute approximate surface area is 125 Å². The predicted octanol–water partition coefficient (Wildman–Crippen LogP) is 2.41. The van der Waals surface area contributed by atoms with Crippen molar-refractivity contribution in [2.45, 2.75) is 11.6 Å². The van der Waals surface area contributed by atoms with Crippen LogP contribution in [0.3, 0.4) is 0 Å². The third kappa shape index (κ3) is 3.12. The summed E-state index contributed by atoms with van der Waals surface area (Å²) in [5.41, 5.74) is 7.67. The molecule has 21 heavy (non-hydrogen) atoms. The predicted molar refractivity (Wildman–Crippen MR) is 79.6 cm³/mol. The third-order valence-electron chi connectivity index (χ3n) is 2.83. The van der Waals surface area contributed by atoms with Crippen LogP contribution in [0.5, 0.6) is 0 Å². The van der Waals surface area contributed by atoms with E-state index in [0.29, 0.717) is 11.0 Å². The lowest BCUT2D eigenvalue weighted by Gasteiger charge is -2.02. The zero-order valence-electron chi connectivity index (χ0n) is 11.0. The number of fused-ring (bicyclic) bond motifs is 1. The maximum absolute atomic E-state index is 8.85. The fourth-order valence-corrected chi connectivity index (χ4v) is 2.69. The number of hydrogen-bond acceptors (Lipinski definition) is 7. The highest BCUT2D eigenvalue weighted by Gasteiger charge is 2.05. The average Bonchev–Trinajstić information content (AvgIpc) is 2.94. The van der Waals surface area contributed by atoms with Crippen molar-refractivity contribution >= 4 is 28.5 Å². The summed E-state index contributed by atoms with van der Waals surface area (Å²) in [7, 11) is 0. The highest BCUT2D eigenvalue weighted by atomic mass is 32.2. The molecule has 0 aliphatic carbocycles. The van der Waals surface area contributed by atoms with Crippen molar-refractivity contribution in [2.75, 3.05) is 11.5 Å². The van der Waals surface area contributed by atoms with E-state index in [2.05, 4.69) is 15.0 Å². The van der Waals surface area contributed by atoms with E-state index < -0.39 is 0 Å². The molecule has 0 saturated carbocycles. The molecule has 0 amide bonds. The number of nitrogen functional groups attached to an aromatic ring is 1. The van der Waals surface area contributed by atoms with Crippen molar-refractivity contribution in [3.63, 3.8) is 0 Å². The summed E-state index contributed by atoms with van der Waals surface area (Å²) in [5.74, 6) is 1.06. The second-order valence-electron chi connectivity index (χ2n) is 4.30. The topological polar surface area (TPSA) is 102 Å². The molecule has 0 aliphatic rings. The minimum Gasteiger partial charge on any atom is -0.463 e. The molecule has 6 nitrogen and oxygen atoms in total. The van der Waals surface area contributed by atoms with Gasteiger partial charge in [0.25, 0.3) is 0 Å². The van der Waals surface area contributed by atoms with Gasteiger partial charge in [-0.15, -0.1) is 0 Å². The minimum atomic E-state index is 0.281. The molecule has 0 aliphatic heterocycles. The third-order valence-corrected chi connectivity index (χ3v) is 3.68. The average molecular weight is 297 g/mol. The molecule has 2 N–H and O–H groups in total. The summed E-state index contributed by atoms with van der Waals surface area (Å²) in [6.45, 7) is 0. The minimum absolute atomic E-state index is 0.281. The summed E-state index contributed by atoms with van der Waals surface area (Å²) in [5, 5.41) is 10.4. The lowest BCUT2D eigenvalue weighted by molar-refractivity contribution is 0.614. The van der Waals surface area contributed by atoms with Gasteiger partial charge in [-0.3, -0.25) is 4.98 Å². The Hall–Kier alpha value is -2.59. The van der Waals surface area contributed by atoms with E-state index in [4.69, 9.17) is 15.4 Å². The van der Waals surface area contributed by atoms with Gasteiger partial charge in [-0.1, -0.05) is 11.8 Å². The van der Waals surface area contributed by atoms with E-state index in [0.717, 1.165) is 28.8 Å². The maximum Gasteiger partial charge on any atom is 0.190 e. The first-order valence-corrected chi connectivity index (χ1v) is 7.23. The van der Waals surface area contributed by atoms with Gasteiger partial charge in [-0.2, -0.15) is 5.26 Å². The summed E-state index contributed by atoms with van der Waals surface area (Å²) in [4.78, 5) is 12.5. The summed E-state index contributed by atoms with van der Waals surface area (Å²) >= 11 is 1.45. The zero-order valence-corrected chi connectivity index (χ0v) is 11.8. The largest absolute Gasteiger partial charge is 0.463 e. The molecule has 3 aromatic rings. The maximum atomic E-state index is 8.85. The Kier molecular flexibility index (Phi) is 3.71. The number of rotatable bonds is 4. The van der Waals surface area contributed by atoms with Gasteiger partial charge in [0.1, 0.15) is 17.6 Å². The number of pyridine rings is 1. The van der Waals surface area contributed by atoms with Crippen LogP contribution in [0.15, 0.2) is 40.2 Å². The monoisotopic (exact) mass is 297 g/mol. The first-order chi connectivity index (χ1) is 10.2. The van der Waals surface area contributed by atoms with Gasteiger partial charge in [-0.05, 0) is 18.6 Å². The number of hydrogen-bond donors (Lipinski definition) is 1. The molecule has 0 atom stereocenters. The van der Waals surface area contributed by atoms with E-state index >= 15 is 0 Å². The van der Waals surface area contributed by atoms with Crippen molar-refractivity contribution in [2.24, 2.45) is 0 Å². The fourth-order valence-electron chi connectivity index (χ4n) is 1.86. The first-order valence-electron chi connectivity index (χ1n) is 6.24. The number of thioether (sulfide) groups is 1. The summed E-state index contributed by atoms with van der Waals surface area (Å²) in [6.07, 6.45) is 4.14. The highest BCUT2D eigenvalue weighted by Crippen LogP contribution is 2.19. The van der Waals surface area contributed by atoms with Crippen LogP contribution in [-0.2, 0) is 6.42 Å². The van der Waals surface area contributed by atoms with Crippen LogP contribution >= 0.6 is 11.8 Å². The van der Waals surface area contributed by atoms with Gasteiger partial charge in [0.05, 0.1) is 12.5 Å². The van der Waals surface area contributed by atoms with E-state index in [1.165, 1.54) is 17.8 Å². The molecule has 0 radical (unpaired) electrons. The van der Waals surface area contributed by atoms with Crippen LogP contribution in [0.4, 0.5) is 5.82 Å². The molecular formula is C14H11N5OS. The van der Waals surface area contributed by atoms with Crippen LogP contribution < -0.4 is 5.73 Å². The van der Waals surface area contributed by atoms with Gasteiger partial charge >= 0.3 is 0 Å². The molecular weight excluding hydrogens is 286 g/mol. The molecule has 3 heterocycles. The van der Waals surface area contributed by atoms with E-state index in [9.17, 15) is 0 Å². The van der Waals surface area contributed by atoms with Crippen molar-refractivity contribution in [1.29, 1.82) is 5.26 Å². The molecule has 0 saturated heterocycles. The Balaban J connectivity index is 1.65. The van der Waals surface area contributed by atoms with Gasteiger partial charge in [-0.25, -0.2) is 9.97 Å². The molecule has 0 bridgehead atoms. The Morgan fingerprint density at radius 2 is 2.24 bits per heavy atom. The van der Waals surface area contributed by atoms with Crippen LogP contribution in [-0.4, -0.2) is 20.7 Å². The summed E-state index contributed by atoms with van der Waals surface area (Å²) < 4.78 is 5.25. The van der Waals surface area contributed by atoms with E-state index in [1.807, 2.05) is 18.2 Å². The van der Waals surface area contributed by atoms with Crippen molar-refractivity contribution < 1.29 is 4.42 Å². The molecule has 3 aromatic heterocycles. The number of aryl methyl sites for hydroxylation is 1. The highest BCUT2D eigenvalue weighted by molar-refractivity contribution is 7.99. The van der Waals surface area contributed by atoms with Gasteiger partial charge < -0.3 is 10.2 Å². The molecule has 0 aromatic carbocycles. The zero-order chi connectivity index (χ0) is 14.7. The van der Waals surface area contributed by atoms with Crippen LogP contribution in [0.2, 0.25) is 0 Å². The number of aromatic nitrogens is 3. The van der Waals surface area contributed by atoms with E-state index in [-0.39, 0.29) is 5.69 Å². The van der Waals surface area contributed by atoms with Crippen molar-refractivity contribution in [3.05, 3.63) is 42.0 Å². The van der Waals surface area contributed by atoms with Crippen molar-refractivity contribution in [1.82, 2.24) is 15.0 Å². The molecule has 3 rings (SSSR count). The number of furan rings is 1. The number of nitrogens with zero attached hydrogens (tertiary/aromatic N) is 4. The van der Waals surface area contributed by atoms with Crippen molar-refractivity contribution in [3.8, 4) is 6.07 Å². The second-order valence-corrected chi connectivity index (χ2v) is 5.37. The Morgan fingerprint density at radius 1 is 1.33 bits per heavy atom. The smallest absolute Gasteiger partial charge is 0.190 e. The first kappa shape index (κ1) is 13.4. The number of nitriles is 1.